The lowest BCUT2D eigenvalue weighted by atomic mass is 9.96. The maximum Gasteiger partial charge on any atom is 0.243 e. The maximum atomic E-state index is 13.0. The molecule has 1 aromatic heterocycles. The maximum absolute atomic E-state index is 13.0. The van der Waals surface area contributed by atoms with Crippen LogP contribution in [0, 0.1) is 0 Å². The normalized spacial score (nSPS) is 15.8. The van der Waals surface area contributed by atoms with E-state index in [1.165, 1.54) is 9.87 Å². The Balaban J connectivity index is 1.43. The Bertz CT molecular complexity index is 1250. The molecule has 2 heterocycles. The zero-order chi connectivity index (χ0) is 24.8. The first-order chi connectivity index (χ1) is 16.9. The van der Waals surface area contributed by atoms with E-state index in [1.807, 2.05) is 35.8 Å². The number of imidazole rings is 1. The van der Waals surface area contributed by atoms with Crippen LogP contribution >= 0.6 is 0 Å². The second-order valence-corrected chi connectivity index (χ2v) is 10.7. The van der Waals surface area contributed by atoms with Crippen molar-refractivity contribution in [1.82, 2.24) is 19.2 Å². The number of morpholine rings is 1. The quantitative estimate of drug-likeness (QED) is 0.463. The largest absolute Gasteiger partial charge is 0.379 e. The fourth-order valence-corrected chi connectivity index (χ4v) is 6.00. The van der Waals surface area contributed by atoms with Crippen LogP contribution < -0.4 is 5.32 Å². The van der Waals surface area contributed by atoms with Crippen molar-refractivity contribution < 1.29 is 17.9 Å². The Morgan fingerprint density at radius 3 is 2.54 bits per heavy atom. The van der Waals surface area contributed by atoms with Gasteiger partial charge in [0.25, 0.3) is 0 Å². The highest BCUT2D eigenvalue weighted by Crippen LogP contribution is 2.24. The number of aromatic nitrogens is 2. The lowest BCUT2D eigenvalue weighted by molar-refractivity contribution is -0.121. The summed E-state index contributed by atoms with van der Waals surface area (Å²) < 4.78 is 34.9. The third-order valence-corrected chi connectivity index (χ3v) is 8.50. The second-order valence-electron chi connectivity index (χ2n) is 8.76. The Morgan fingerprint density at radius 1 is 1.11 bits per heavy atom. The second kappa shape index (κ2) is 11.3. The van der Waals surface area contributed by atoms with E-state index in [-0.39, 0.29) is 16.7 Å². The summed E-state index contributed by atoms with van der Waals surface area (Å²) in [6, 6.07) is 15.3. The van der Waals surface area contributed by atoms with E-state index in [0.717, 1.165) is 17.8 Å². The molecule has 1 amide bonds. The molecule has 8 nitrogen and oxygen atoms in total. The first-order valence-electron chi connectivity index (χ1n) is 12.3. The van der Waals surface area contributed by atoms with Crippen LogP contribution in [0.3, 0.4) is 0 Å². The molecule has 1 atom stereocenters. The number of fused-ring (bicyclic) bond motifs is 1. The molecule has 35 heavy (non-hydrogen) atoms. The van der Waals surface area contributed by atoms with Crippen LogP contribution in [0.4, 0.5) is 0 Å². The van der Waals surface area contributed by atoms with Gasteiger partial charge in [0.15, 0.2) is 0 Å². The standard InChI is InChI=1S/C26H34N4O4S/c1-3-20(21-8-6-5-7-9-21)19-27-26(31)13-12-25-28-23-18-22(10-11-24(23)30(25)4-2)35(32,33)29-14-16-34-17-15-29/h5-11,18,20H,3-4,12-17,19H2,1-2H3,(H,27,31). The average Bonchev–Trinajstić information content (AvgIpc) is 3.25. The smallest absolute Gasteiger partial charge is 0.243 e. The first kappa shape index (κ1) is 25.3. The fraction of sp³-hybridized carbons (Fsp3) is 0.462. The molecule has 1 N–H and O–H groups in total. The SMILES string of the molecule is CCC(CNC(=O)CCc1nc2cc(S(=O)(=O)N3CCOCC3)ccc2n1CC)c1ccccc1. The zero-order valence-electron chi connectivity index (χ0n) is 20.4. The van der Waals surface area contributed by atoms with Gasteiger partial charge in [-0.1, -0.05) is 37.3 Å². The van der Waals surface area contributed by atoms with Gasteiger partial charge in [0.2, 0.25) is 15.9 Å². The topological polar surface area (TPSA) is 93.5 Å². The number of hydrogen-bond donors (Lipinski definition) is 1. The number of hydrogen-bond acceptors (Lipinski definition) is 5. The highest BCUT2D eigenvalue weighted by Gasteiger charge is 2.27. The number of aryl methyl sites for hydroxylation is 2. The van der Waals surface area contributed by atoms with E-state index in [1.54, 1.807) is 12.1 Å². The van der Waals surface area contributed by atoms with Gasteiger partial charge in [-0.2, -0.15) is 4.31 Å². The first-order valence-corrected chi connectivity index (χ1v) is 13.8. The van der Waals surface area contributed by atoms with Gasteiger partial charge in [-0.3, -0.25) is 4.79 Å². The molecule has 1 fully saturated rings. The van der Waals surface area contributed by atoms with E-state index >= 15 is 0 Å². The van der Waals surface area contributed by atoms with Gasteiger partial charge in [0.05, 0.1) is 29.1 Å². The minimum atomic E-state index is -3.59. The minimum absolute atomic E-state index is 0.00956. The number of nitrogens with zero attached hydrogens (tertiary/aromatic N) is 3. The Hall–Kier alpha value is -2.75. The van der Waals surface area contributed by atoms with Gasteiger partial charge >= 0.3 is 0 Å². The zero-order valence-corrected chi connectivity index (χ0v) is 21.3. The van der Waals surface area contributed by atoms with Crippen molar-refractivity contribution in [1.29, 1.82) is 0 Å². The lowest BCUT2D eigenvalue weighted by Gasteiger charge is -2.26. The van der Waals surface area contributed by atoms with E-state index in [9.17, 15) is 13.2 Å². The van der Waals surface area contributed by atoms with Crippen molar-refractivity contribution in [3.8, 4) is 0 Å². The third-order valence-electron chi connectivity index (χ3n) is 6.61. The molecule has 9 heteroatoms. The number of carbonyl (C=O) groups excluding carboxylic acids is 1. The van der Waals surface area contributed by atoms with Gasteiger partial charge in [-0.25, -0.2) is 13.4 Å². The van der Waals surface area contributed by atoms with Crippen molar-refractivity contribution in [2.24, 2.45) is 0 Å². The molecule has 0 bridgehead atoms. The molecule has 0 radical (unpaired) electrons. The Morgan fingerprint density at radius 2 is 1.86 bits per heavy atom. The van der Waals surface area contributed by atoms with Crippen molar-refractivity contribution in [3.05, 3.63) is 59.9 Å². The molecular weight excluding hydrogens is 464 g/mol. The summed E-state index contributed by atoms with van der Waals surface area (Å²) in [5.41, 5.74) is 2.73. The van der Waals surface area contributed by atoms with Crippen LogP contribution in [-0.2, 0) is 32.5 Å². The number of rotatable bonds is 10. The Kier molecular flexibility index (Phi) is 8.20. The molecule has 2 aromatic carbocycles. The number of amides is 1. The van der Waals surface area contributed by atoms with Gasteiger partial charge in [0, 0.05) is 44.9 Å². The van der Waals surface area contributed by atoms with Crippen molar-refractivity contribution in [2.45, 2.75) is 50.5 Å². The van der Waals surface area contributed by atoms with Gasteiger partial charge in [-0.15, -0.1) is 0 Å². The van der Waals surface area contributed by atoms with Crippen molar-refractivity contribution >= 4 is 27.0 Å². The molecule has 1 unspecified atom stereocenters. The van der Waals surface area contributed by atoms with Crippen LogP contribution in [-0.4, -0.2) is 61.0 Å². The minimum Gasteiger partial charge on any atom is -0.379 e. The molecular formula is C26H34N4O4S. The van der Waals surface area contributed by atoms with Crippen LogP contribution in [0.1, 0.15) is 44.0 Å². The lowest BCUT2D eigenvalue weighted by Crippen LogP contribution is -2.40. The summed E-state index contributed by atoms with van der Waals surface area (Å²) in [5.74, 6) is 1.06. The monoisotopic (exact) mass is 498 g/mol. The van der Waals surface area contributed by atoms with E-state index < -0.39 is 10.0 Å². The summed E-state index contributed by atoms with van der Waals surface area (Å²) in [4.78, 5) is 17.5. The molecule has 3 aromatic rings. The molecule has 0 saturated carbocycles. The van der Waals surface area contributed by atoms with E-state index in [0.29, 0.717) is 57.8 Å². The summed E-state index contributed by atoms with van der Waals surface area (Å²) in [7, 11) is -3.59. The predicted molar refractivity (Wildman–Crippen MR) is 136 cm³/mol. The molecule has 188 valence electrons. The van der Waals surface area contributed by atoms with Crippen molar-refractivity contribution in [3.63, 3.8) is 0 Å². The average molecular weight is 499 g/mol. The van der Waals surface area contributed by atoms with Gasteiger partial charge in [0.1, 0.15) is 5.82 Å². The van der Waals surface area contributed by atoms with Gasteiger partial charge in [-0.05, 0) is 37.1 Å². The molecule has 1 aliphatic heterocycles. The van der Waals surface area contributed by atoms with Crippen molar-refractivity contribution in [2.75, 3.05) is 32.8 Å². The van der Waals surface area contributed by atoms with Crippen LogP contribution in [0.15, 0.2) is 53.4 Å². The summed E-state index contributed by atoms with van der Waals surface area (Å²) >= 11 is 0. The van der Waals surface area contributed by atoms with Crippen LogP contribution in [0.5, 0.6) is 0 Å². The van der Waals surface area contributed by atoms with Crippen LogP contribution in [0.2, 0.25) is 0 Å². The Labute approximate surface area is 207 Å². The molecule has 1 saturated heterocycles. The summed E-state index contributed by atoms with van der Waals surface area (Å²) in [5, 5.41) is 3.07. The number of benzene rings is 2. The highest BCUT2D eigenvalue weighted by molar-refractivity contribution is 7.89. The number of carbonyl (C=O) groups is 1. The van der Waals surface area contributed by atoms with Gasteiger partial charge < -0.3 is 14.6 Å². The molecule has 4 rings (SSSR count). The molecule has 0 aliphatic carbocycles. The number of sulfonamides is 1. The summed E-state index contributed by atoms with van der Waals surface area (Å²) in [6.45, 7) is 6.96. The summed E-state index contributed by atoms with van der Waals surface area (Å²) in [6.07, 6.45) is 1.77. The number of ether oxygens (including phenoxy) is 1. The third kappa shape index (κ3) is 5.74. The predicted octanol–water partition coefficient (Wildman–Crippen LogP) is 3.32. The molecule has 1 aliphatic rings. The highest BCUT2D eigenvalue weighted by atomic mass is 32.2. The molecule has 0 spiro atoms. The number of nitrogens with one attached hydrogen (secondary N) is 1. The fourth-order valence-electron chi connectivity index (χ4n) is 4.57. The van der Waals surface area contributed by atoms with E-state index in [2.05, 4.69) is 24.4 Å². The van der Waals surface area contributed by atoms with Crippen LogP contribution in [0.25, 0.3) is 11.0 Å². The van der Waals surface area contributed by atoms with E-state index in [4.69, 9.17) is 9.72 Å².